The van der Waals surface area contributed by atoms with Gasteiger partial charge in [-0.1, -0.05) is 11.6 Å². The van der Waals surface area contributed by atoms with Gasteiger partial charge in [-0.25, -0.2) is 9.97 Å². The minimum absolute atomic E-state index is 0.193. The Labute approximate surface area is 95.8 Å². The summed E-state index contributed by atoms with van der Waals surface area (Å²) in [5, 5.41) is 2.14. The third kappa shape index (κ3) is 1.91. The summed E-state index contributed by atoms with van der Waals surface area (Å²) in [6, 6.07) is 1.97. The van der Waals surface area contributed by atoms with E-state index >= 15 is 0 Å². The van der Waals surface area contributed by atoms with Gasteiger partial charge in [0.1, 0.15) is 11.5 Å². The fourth-order valence-corrected chi connectivity index (χ4v) is 2.14. The molecular formula is C10H7ClN2OS. The maximum absolute atomic E-state index is 10.9. The van der Waals surface area contributed by atoms with Gasteiger partial charge in [0.25, 0.3) is 0 Å². The van der Waals surface area contributed by atoms with Crippen molar-refractivity contribution in [2.75, 3.05) is 0 Å². The molecule has 76 valence electrons. The summed E-state index contributed by atoms with van der Waals surface area (Å²) in [4.78, 5) is 19.9. The smallest absolute Gasteiger partial charge is 0.155 e. The number of aromatic nitrogens is 2. The van der Waals surface area contributed by atoms with Crippen molar-refractivity contribution in [2.45, 2.75) is 6.92 Å². The molecule has 0 spiro atoms. The number of hydrogen-bond acceptors (Lipinski definition) is 4. The predicted molar refractivity (Wildman–Crippen MR) is 60.5 cm³/mol. The molecule has 0 aliphatic carbocycles. The van der Waals surface area contributed by atoms with E-state index in [1.54, 1.807) is 11.3 Å². The number of aldehydes is 1. The zero-order valence-corrected chi connectivity index (χ0v) is 9.47. The molecule has 0 aliphatic heterocycles. The van der Waals surface area contributed by atoms with Crippen LogP contribution in [0.2, 0.25) is 5.15 Å². The number of rotatable bonds is 2. The van der Waals surface area contributed by atoms with Crippen LogP contribution in [0.25, 0.3) is 11.3 Å². The highest BCUT2D eigenvalue weighted by atomic mass is 35.5. The SMILES string of the molecule is Cc1cc(-c2ncnc(Cl)c2C=O)cs1. The van der Waals surface area contributed by atoms with Crippen LogP contribution in [0.1, 0.15) is 15.2 Å². The van der Waals surface area contributed by atoms with Crippen LogP contribution in [0.15, 0.2) is 17.8 Å². The lowest BCUT2D eigenvalue weighted by molar-refractivity contribution is 0.112. The van der Waals surface area contributed by atoms with E-state index in [1.165, 1.54) is 6.33 Å². The molecule has 0 radical (unpaired) electrons. The summed E-state index contributed by atoms with van der Waals surface area (Å²) < 4.78 is 0. The van der Waals surface area contributed by atoms with Crippen molar-refractivity contribution in [2.24, 2.45) is 0 Å². The highest BCUT2D eigenvalue weighted by Crippen LogP contribution is 2.27. The largest absolute Gasteiger partial charge is 0.298 e. The second-order valence-electron chi connectivity index (χ2n) is 2.99. The fourth-order valence-electron chi connectivity index (χ4n) is 1.28. The van der Waals surface area contributed by atoms with E-state index in [2.05, 4.69) is 9.97 Å². The highest BCUT2D eigenvalue weighted by molar-refractivity contribution is 7.10. The number of hydrogen-bond donors (Lipinski definition) is 0. The summed E-state index contributed by atoms with van der Waals surface area (Å²) in [5.74, 6) is 0. The van der Waals surface area contributed by atoms with Crippen molar-refractivity contribution in [3.8, 4) is 11.3 Å². The van der Waals surface area contributed by atoms with Gasteiger partial charge in [0.15, 0.2) is 6.29 Å². The van der Waals surface area contributed by atoms with Gasteiger partial charge < -0.3 is 0 Å². The number of aryl methyl sites for hydroxylation is 1. The zero-order chi connectivity index (χ0) is 10.8. The summed E-state index contributed by atoms with van der Waals surface area (Å²) in [6.45, 7) is 2.00. The van der Waals surface area contributed by atoms with E-state index in [0.717, 1.165) is 10.4 Å². The first-order valence-electron chi connectivity index (χ1n) is 4.23. The maximum atomic E-state index is 10.9. The Morgan fingerprint density at radius 2 is 2.27 bits per heavy atom. The monoisotopic (exact) mass is 238 g/mol. The summed E-state index contributed by atoms with van der Waals surface area (Å²) in [5.41, 5.74) is 1.84. The number of halogens is 1. The molecule has 0 saturated heterocycles. The summed E-state index contributed by atoms with van der Waals surface area (Å²) in [7, 11) is 0. The zero-order valence-electron chi connectivity index (χ0n) is 7.90. The van der Waals surface area contributed by atoms with E-state index in [0.29, 0.717) is 17.5 Å². The molecule has 5 heteroatoms. The van der Waals surface area contributed by atoms with Gasteiger partial charge in [0, 0.05) is 15.8 Å². The first-order valence-corrected chi connectivity index (χ1v) is 5.49. The quantitative estimate of drug-likeness (QED) is 0.597. The van der Waals surface area contributed by atoms with Crippen LogP contribution in [0, 0.1) is 6.92 Å². The van der Waals surface area contributed by atoms with Gasteiger partial charge in [-0.15, -0.1) is 11.3 Å². The molecule has 3 nitrogen and oxygen atoms in total. The Morgan fingerprint density at radius 3 is 2.87 bits per heavy atom. The van der Waals surface area contributed by atoms with Gasteiger partial charge in [0.2, 0.25) is 0 Å². The molecule has 0 aliphatic rings. The van der Waals surface area contributed by atoms with Gasteiger partial charge >= 0.3 is 0 Å². The molecule has 2 aromatic heterocycles. The predicted octanol–water partition coefficient (Wildman–Crippen LogP) is 2.98. The van der Waals surface area contributed by atoms with Crippen LogP contribution in [0.4, 0.5) is 0 Å². The van der Waals surface area contributed by atoms with Crippen molar-refractivity contribution >= 4 is 29.2 Å². The van der Waals surface area contributed by atoms with E-state index in [4.69, 9.17) is 11.6 Å². The minimum Gasteiger partial charge on any atom is -0.298 e. The van der Waals surface area contributed by atoms with Crippen LogP contribution in [-0.4, -0.2) is 16.3 Å². The second kappa shape index (κ2) is 4.08. The molecule has 0 fully saturated rings. The lowest BCUT2D eigenvalue weighted by Gasteiger charge is -2.01. The van der Waals surface area contributed by atoms with Gasteiger partial charge in [-0.05, 0) is 13.0 Å². The first-order chi connectivity index (χ1) is 7.22. The summed E-state index contributed by atoms with van der Waals surface area (Å²) in [6.07, 6.45) is 2.04. The van der Waals surface area contributed by atoms with E-state index in [1.807, 2.05) is 18.4 Å². The average molecular weight is 239 g/mol. The lowest BCUT2D eigenvalue weighted by Crippen LogP contribution is -1.94. The normalized spacial score (nSPS) is 10.3. The number of thiophene rings is 1. The molecule has 0 N–H and O–H groups in total. The van der Waals surface area contributed by atoms with E-state index < -0.39 is 0 Å². The molecule has 0 bridgehead atoms. The maximum Gasteiger partial charge on any atom is 0.155 e. The van der Waals surface area contributed by atoms with Crippen LogP contribution in [-0.2, 0) is 0 Å². The van der Waals surface area contributed by atoms with Crippen LogP contribution < -0.4 is 0 Å². The molecular weight excluding hydrogens is 232 g/mol. The molecule has 2 rings (SSSR count). The van der Waals surface area contributed by atoms with Crippen molar-refractivity contribution < 1.29 is 4.79 Å². The van der Waals surface area contributed by atoms with Crippen molar-refractivity contribution in [1.82, 2.24) is 9.97 Å². The molecule has 2 heterocycles. The Bertz CT molecular complexity index is 510. The molecule has 0 unspecified atom stereocenters. The summed E-state index contributed by atoms with van der Waals surface area (Å²) >= 11 is 7.41. The van der Waals surface area contributed by atoms with E-state index in [-0.39, 0.29) is 5.15 Å². The second-order valence-corrected chi connectivity index (χ2v) is 4.46. The fraction of sp³-hybridized carbons (Fsp3) is 0.100. The van der Waals surface area contributed by atoms with Crippen molar-refractivity contribution in [3.05, 3.63) is 33.4 Å². The van der Waals surface area contributed by atoms with Crippen LogP contribution >= 0.6 is 22.9 Å². The van der Waals surface area contributed by atoms with Crippen LogP contribution in [0.3, 0.4) is 0 Å². The first kappa shape index (κ1) is 10.3. The number of carbonyl (C=O) groups is 1. The van der Waals surface area contributed by atoms with Gasteiger partial charge in [0.05, 0.1) is 11.3 Å². The van der Waals surface area contributed by atoms with Crippen molar-refractivity contribution in [3.63, 3.8) is 0 Å². The Kier molecular flexibility index (Phi) is 2.79. The molecule has 0 atom stereocenters. The topological polar surface area (TPSA) is 42.9 Å². The van der Waals surface area contributed by atoms with Crippen molar-refractivity contribution in [1.29, 1.82) is 0 Å². The number of nitrogens with zero attached hydrogens (tertiary/aromatic N) is 2. The van der Waals surface area contributed by atoms with Crippen LogP contribution in [0.5, 0.6) is 0 Å². The Hall–Kier alpha value is -1.26. The Balaban J connectivity index is 2.62. The standard InChI is InChI=1S/C10H7ClN2OS/c1-6-2-7(4-15-6)9-8(3-14)10(11)13-5-12-9/h2-5H,1H3. The molecule has 2 aromatic rings. The Morgan fingerprint density at radius 1 is 1.47 bits per heavy atom. The number of carbonyl (C=O) groups excluding carboxylic acids is 1. The molecule has 0 saturated carbocycles. The van der Waals surface area contributed by atoms with Gasteiger partial charge in [-0.2, -0.15) is 0 Å². The third-order valence-electron chi connectivity index (χ3n) is 1.96. The highest BCUT2D eigenvalue weighted by Gasteiger charge is 2.11. The minimum atomic E-state index is 0.193. The molecule has 15 heavy (non-hydrogen) atoms. The molecule has 0 amide bonds. The lowest BCUT2D eigenvalue weighted by atomic mass is 10.1. The average Bonchev–Trinajstić information content (AvgIpc) is 2.64. The van der Waals surface area contributed by atoms with Gasteiger partial charge in [-0.3, -0.25) is 4.79 Å². The third-order valence-corrected chi connectivity index (χ3v) is 3.12. The van der Waals surface area contributed by atoms with E-state index in [9.17, 15) is 4.79 Å². The molecule has 0 aromatic carbocycles.